The van der Waals surface area contributed by atoms with Crippen molar-refractivity contribution >= 4 is 51.7 Å². The fourth-order valence-corrected chi connectivity index (χ4v) is 5.84. The van der Waals surface area contributed by atoms with Crippen molar-refractivity contribution < 1.29 is 19.1 Å². The van der Waals surface area contributed by atoms with Gasteiger partial charge < -0.3 is 14.8 Å². The van der Waals surface area contributed by atoms with E-state index in [-0.39, 0.29) is 24.3 Å². The van der Waals surface area contributed by atoms with E-state index in [1.165, 1.54) is 0 Å². The summed E-state index contributed by atoms with van der Waals surface area (Å²) >= 11 is 0. The normalized spacial score (nSPS) is 14.5. The lowest BCUT2D eigenvalue weighted by atomic mass is 9.85. The van der Waals surface area contributed by atoms with E-state index < -0.39 is 12.2 Å². The number of aryl methyl sites for hydroxylation is 2. The number of benzene rings is 1. The highest BCUT2D eigenvalue weighted by Crippen LogP contribution is 2.31. The molecule has 0 saturated carbocycles. The third kappa shape index (κ3) is 9.60. The lowest BCUT2D eigenvalue weighted by Crippen LogP contribution is -2.50. The number of pyridine rings is 4. The molecule has 5 aromatic rings. The third-order valence-electron chi connectivity index (χ3n) is 9.53. The average molecular weight is 718 g/mol. The fourth-order valence-electron chi connectivity index (χ4n) is 5.84. The molecule has 0 fully saturated rings. The van der Waals surface area contributed by atoms with E-state index in [1.54, 1.807) is 12.1 Å². The van der Waals surface area contributed by atoms with Crippen LogP contribution in [0.3, 0.4) is 0 Å². The van der Waals surface area contributed by atoms with Crippen molar-refractivity contribution in [2.75, 3.05) is 36.9 Å². The van der Waals surface area contributed by atoms with Crippen molar-refractivity contribution in [1.82, 2.24) is 30.2 Å². The third-order valence-corrected chi connectivity index (χ3v) is 9.53. The van der Waals surface area contributed by atoms with Gasteiger partial charge in [-0.25, -0.2) is 29.5 Å². The van der Waals surface area contributed by atoms with Gasteiger partial charge in [-0.05, 0) is 108 Å². The van der Waals surface area contributed by atoms with Gasteiger partial charge in [-0.3, -0.25) is 20.5 Å². The van der Waals surface area contributed by atoms with Crippen LogP contribution in [0.4, 0.5) is 21.2 Å². The number of nitrogens with one attached hydrogen (secondary N) is 3. The average Bonchev–Trinajstić information content (AvgIpc) is 3.34. The molecule has 53 heavy (non-hydrogen) atoms. The number of carbonyl (C=O) groups is 2. The monoisotopic (exact) mass is 717 g/mol. The van der Waals surface area contributed by atoms with Gasteiger partial charge in [-0.2, -0.15) is 0 Å². The molecule has 13 nitrogen and oxygen atoms in total. The second kappa shape index (κ2) is 15.9. The lowest BCUT2D eigenvalue weighted by molar-refractivity contribution is 0.141. The summed E-state index contributed by atoms with van der Waals surface area (Å²) in [5, 5.41) is 10.7. The highest BCUT2D eigenvalue weighted by Gasteiger charge is 2.42. The summed E-state index contributed by atoms with van der Waals surface area (Å²) in [7, 11) is 0. The van der Waals surface area contributed by atoms with E-state index in [0.717, 1.165) is 39.1 Å². The van der Waals surface area contributed by atoms with Crippen molar-refractivity contribution in [1.29, 1.82) is 0 Å². The second-order valence-electron chi connectivity index (χ2n) is 14.4. The molecule has 13 heteroatoms. The largest absolute Gasteiger partial charge is 0.449 e. The highest BCUT2D eigenvalue weighted by atomic mass is 16.6. The first-order valence-corrected chi connectivity index (χ1v) is 17.9. The molecule has 1 aliphatic rings. The van der Waals surface area contributed by atoms with E-state index in [0.29, 0.717) is 55.4 Å². The minimum atomic E-state index is -0.576. The number of aromatic nitrogens is 4. The van der Waals surface area contributed by atoms with Crippen LogP contribution in [0.25, 0.3) is 22.1 Å². The second-order valence-corrected chi connectivity index (χ2v) is 14.4. The number of ether oxygens (including phenoxy) is 2. The van der Waals surface area contributed by atoms with Crippen LogP contribution >= 0.6 is 0 Å². The van der Waals surface area contributed by atoms with Crippen LogP contribution in [0.2, 0.25) is 0 Å². The topological polar surface area (TPSA) is 156 Å². The minimum absolute atomic E-state index is 0.152. The SMILES string of the molecule is Cc1ccc2ccc(NC(=O)OCCCN(CCCOC(=O)Nc3ccc4ccc(C)nc4n3)Cc3ccc(C4=NC(C)(C)C(C)(C)N4)cc3)nc2n1. The van der Waals surface area contributed by atoms with Gasteiger partial charge in [0, 0.05) is 47.4 Å². The smallest absolute Gasteiger partial charge is 0.412 e. The first kappa shape index (κ1) is 37.1. The molecule has 0 aliphatic carbocycles. The molecule has 5 heterocycles. The molecule has 0 saturated heterocycles. The maximum absolute atomic E-state index is 12.6. The number of aliphatic imine (C=N–C) groups is 1. The van der Waals surface area contributed by atoms with E-state index in [9.17, 15) is 9.59 Å². The molecule has 1 aliphatic heterocycles. The quantitative estimate of drug-likeness (QED) is 0.107. The zero-order valence-corrected chi connectivity index (χ0v) is 31.2. The van der Waals surface area contributed by atoms with Gasteiger partial charge in [0.2, 0.25) is 0 Å². The summed E-state index contributed by atoms with van der Waals surface area (Å²) in [6.45, 7) is 14.8. The van der Waals surface area contributed by atoms with Gasteiger partial charge in [0.05, 0.1) is 24.3 Å². The number of hydrogen-bond acceptors (Lipinski definition) is 11. The molecular formula is C40H47N9O4. The summed E-state index contributed by atoms with van der Waals surface area (Å²) in [6, 6.07) is 23.3. The van der Waals surface area contributed by atoms with E-state index in [2.05, 4.69) is 92.7 Å². The Kier molecular flexibility index (Phi) is 11.1. The zero-order chi connectivity index (χ0) is 37.6. The number of fused-ring (bicyclic) bond motifs is 2. The zero-order valence-electron chi connectivity index (χ0n) is 31.2. The molecule has 2 amide bonds. The molecule has 0 radical (unpaired) electrons. The molecule has 1 aromatic carbocycles. The lowest BCUT2D eigenvalue weighted by Gasteiger charge is -2.32. The first-order valence-electron chi connectivity index (χ1n) is 17.9. The van der Waals surface area contributed by atoms with Gasteiger partial charge in [0.15, 0.2) is 11.3 Å². The number of amidine groups is 1. The Hall–Kier alpha value is -5.69. The summed E-state index contributed by atoms with van der Waals surface area (Å²) in [5.74, 6) is 1.65. The number of anilines is 2. The van der Waals surface area contributed by atoms with Gasteiger partial charge >= 0.3 is 12.2 Å². The number of rotatable bonds is 13. The van der Waals surface area contributed by atoms with E-state index in [4.69, 9.17) is 14.5 Å². The molecule has 0 atom stereocenters. The maximum atomic E-state index is 12.6. The molecule has 276 valence electrons. The van der Waals surface area contributed by atoms with Gasteiger partial charge in [0.1, 0.15) is 17.5 Å². The van der Waals surface area contributed by atoms with Crippen LogP contribution in [0.15, 0.2) is 77.8 Å². The number of hydrogen-bond donors (Lipinski definition) is 3. The Morgan fingerprint density at radius 3 is 1.64 bits per heavy atom. The Labute approximate surface area is 309 Å². The maximum Gasteiger partial charge on any atom is 0.412 e. The van der Waals surface area contributed by atoms with Crippen LogP contribution < -0.4 is 16.0 Å². The van der Waals surface area contributed by atoms with Crippen LogP contribution in [0.1, 0.15) is 63.1 Å². The molecular weight excluding hydrogens is 670 g/mol. The summed E-state index contributed by atoms with van der Waals surface area (Å²) in [6.07, 6.45) is 0.0515. The summed E-state index contributed by atoms with van der Waals surface area (Å²) in [4.78, 5) is 50.0. The number of nitrogens with zero attached hydrogens (tertiary/aromatic N) is 6. The van der Waals surface area contributed by atoms with Crippen LogP contribution in [-0.2, 0) is 16.0 Å². The van der Waals surface area contributed by atoms with Crippen molar-refractivity contribution in [3.05, 3.63) is 95.3 Å². The van der Waals surface area contributed by atoms with Crippen molar-refractivity contribution in [3.63, 3.8) is 0 Å². The Balaban J connectivity index is 1.02. The van der Waals surface area contributed by atoms with Crippen molar-refractivity contribution in [2.45, 2.75) is 72.0 Å². The number of carbonyl (C=O) groups excluding carboxylic acids is 2. The minimum Gasteiger partial charge on any atom is -0.449 e. The van der Waals surface area contributed by atoms with Crippen LogP contribution in [-0.4, -0.2) is 80.2 Å². The number of amides is 2. The van der Waals surface area contributed by atoms with Gasteiger partial charge in [0.25, 0.3) is 0 Å². The Morgan fingerprint density at radius 2 is 1.17 bits per heavy atom. The van der Waals surface area contributed by atoms with Crippen molar-refractivity contribution in [3.8, 4) is 0 Å². The van der Waals surface area contributed by atoms with Gasteiger partial charge in [-0.1, -0.05) is 24.3 Å². The Morgan fingerprint density at radius 1 is 0.679 bits per heavy atom. The molecule has 3 N–H and O–H groups in total. The molecule has 0 spiro atoms. The summed E-state index contributed by atoms with van der Waals surface area (Å²) < 4.78 is 11.0. The van der Waals surface area contributed by atoms with E-state index >= 15 is 0 Å². The highest BCUT2D eigenvalue weighted by molar-refractivity contribution is 6.01. The Bertz CT molecular complexity index is 2030. The summed E-state index contributed by atoms with van der Waals surface area (Å²) in [5.41, 5.74) is 4.61. The van der Waals surface area contributed by atoms with E-state index in [1.807, 2.05) is 50.2 Å². The molecule has 0 bridgehead atoms. The molecule has 4 aromatic heterocycles. The standard InChI is InChI=1S/C40H47N9O4/c1-26-9-13-29-17-19-32(43-34(29)41-26)45-37(50)52-23-7-21-49(25-28-11-15-31(16-12-28)36-47-39(3,4)40(5,6)48-36)22-8-24-53-38(51)46-33-20-18-30-14-10-27(2)42-35(30)44-33/h9-20H,7-8,21-25H2,1-6H3,(H,47,48)(H,41,43,45,50)(H,42,44,46,51). The predicted molar refractivity (Wildman–Crippen MR) is 207 cm³/mol. The molecule has 6 rings (SSSR count). The van der Waals surface area contributed by atoms with Crippen molar-refractivity contribution in [2.24, 2.45) is 4.99 Å². The van der Waals surface area contributed by atoms with Crippen LogP contribution in [0, 0.1) is 13.8 Å². The van der Waals surface area contributed by atoms with Crippen LogP contribution in [0.5, 0.6) is 0 Å². The predicted octanol–water partition coefficient (Wildman–Crippen LogP) is 7.18. The fraction of sp³-hybridized carbons (Fsp3) is 0.375. The first-order chi connectivity index (χ1) is 25.3. The molecule has 0 unspecified atom stereocenters. The van der Waals surface area contributed by atoms with Gasteiger partial charge in [-0.15, -0.1) is 0 Å².